The number of fused-ring (bicyclic) bond motifs is 5. The maximum absolute atomic E-state index is 8.72. The molecule has 4 nitrogen and oxygen atoms in total. The second-order valence-electron chi connectivity index (χ2n) is 16.6. The molecule has 4 atom stereocenters. The first kappa shape index (κ1) is 34.9. The summed E-state index contributed by atoms with van der Waals surface area (Å²) in [5, 5.41) is 3.05. The van der Waals surface area contributed by atoms with E-state index in [1.165, 1.54) is 63.5 Å². The minimum absolute atomic E-state index is 0.387. The maximum atomic E-state index is 8.72. The summed E-state index contributed by atoms with van der Waals surface area (Å²) in [6.45, 7) is 28.2. The van der Waals surface area contributed by atoms with Gasteiger partial charge in [0, 0.05) is 17.4 Å². The number of hydrogen-bond acceptors (Lipinski definition) is 3. The predicted octanol–water partition coefficient (Wildman–Crippen LogP) is 10.7. The van der Waals surface area contributed by atoms with Crippen LogP contribution in [0.2, 0.25) is 0 Å². The van der Waals surface area contributed by atoms with Gasteiger partial charge in [0.05, 0.1) is 11.9 Å². The summed E-state index contributed by atoms with van der Waals surface area (Å²) < 4.78 is 17.4. The molecule has 3 aromatic carbocycles. The van der Waals surface area contributed by atoms with E-state index in [9.17, 15) is 0 Å². The largest absolute Gasteiger partial charge is 0.349 e. The Morgan fingerprint density at radius 3 is 2.00 bits per heavy atom. The van der Waals surface area contributed by atoms with Crippen LogP contribution in [0, 0.1) is 38.7 Å². The molecule has 2 aliphatic carbocycles. The summed E-state index contributed by atoms with van der Waals surface area (Å²) in [5.74, 6) is 1.93. The Morgan fingerprint density at radius 2 is 1.43 bits per heavy atom. The van der Waals surface area contributed by atoms with Crippen LogP contribution in [0.15, 0.2) is 71.7 Å². The normalized spacial score (nSPS) is 26.8. The fourth-order valence-corrected chi connectivity index (χ4v) is 21.2. The van der Waals surface area contributed by atoms with E-state index < -0.39 is 15.9 Å². The van der Waals surface area contributed by atoms with Crippen LogP contribution in [0.3, 0.4) is 0 Å². The van der Waals surface area contributed by atoms with Gasteiger partial charge in [0.1, 0.15) is 6.04 Å². The number of allylic oxidation sites excluding steroid dienone is 2. The Balaban J connectivity index is 1.70. The van der Waals surface area contributed by atoms with Crippen molar-refractivity contribution in [1.29, 1.82) is 0 Å². The Labute approximate surface area is 299 Å². The number of hydrogen-bond donors (Lipinski definition) is 0. The van der Waals surface area contributed by atoms with E-state index >= 15 is 0 Å². The minimum atomic E-state index is -3.22. The molecule has 0 aromatic heterocycles. The van der Waals surface area contributed by atoms with Crippen molar-refractivity contribution in [2.75, 3.05) is 17.7 Å². The molecule has 0 N–H and O–H groups in total. The summed E-state index contributed by atoms with van der Waals surface area (Å²) in [5.41, 5.74) is 11.4. The quantitative estimate of drug-likeness (QED) is 0.133. The lowest BCUT2D eigenvalue weighted by atomic mass is 9.91. The maximum Gasteiger partial charge on any atom is 0.317 e. The SMILES string of the molecule is Cc1cc(C)c([CH-][Si@]2(c3ccccc3)O[P@]3(=[N+](C(C)C)CCN3C(C)C)C3=C([C@H]4CC[C@@H]3C4)N2c2c(C(C)C)cccc2C(C)C)c(C)c1. The molecule has 0 saturated heterocycles. The van der Waals surface area contributed by atoms with Gasteiger partial charge < -0.3 is 8.78 Å². The van der Waals surface area contributed by atoms with Crippen LogP contribution in [0.1, 0.15) is 120 Å². The molecule has 1 saturated carbocycles. The number of aryl methyl sites for hydroxylation is 3. The lowest BCUT2D eigenvalue weighted by Crippen LogP contribution is -2.68. The molecular formula is C43H60N3OPSi. The van der Waals surface area contributed by atoms with E-state index in [-0.39, 0.29) is 0 Å². The smallest absolute Gasteiger partial charge is 0.317 e. The van der Waals surface area contributed by atoms with Crippen LogP contribution in [-0.2, 0) is 4.21 Å². The van der Waals surface area contributed by atoms with Gasteiger partial charge in [-0.2, -0.15) is 16.7 Å². The lowest BCUT2D eigenvalue weighted by Gasteiger charge is -2.56. The average molecular weight is 694 g/mol. The lowest BCUT2D eigenvalue weighted by molar-refractivity contribution is -0.535. The summed E-state index contributed by atoms with van der Waals surface area (Å²) in [4.78, 5) is 0. The van der Waals surface area contributed by atoms with Crippen LogP contribution < -0.4 is 9.75 Å². The van der Waals surface area contributed by atoms with Gasteiger partial charge in [0.2, 0.25) is 0 Å². The van der Waals surface area contributed by atoms with E-state index in [1.54, 1.807) is 11.0 Å². The second-order valence-corrected chi connectivity index (χ2v) is 22.6. The molecule has 1 fully saturated rings. The highest BCUT2D eigenvalue weighted by molar-refractivity contribution is 7.63. The molecule has 7 rings (SSSR count). The predicted molar refractivity (Wildman–Crippen MR) is 211 cm³/mol. The van der Waals surface area contributed by atoms with Gasteiger partial charge in [-0.3, -0.25) is 0 Å². The summed E-state index contributed by atoms with van der Waals surface area (Å²) >= 11 is 0. The van der Waals surface area contributed by atoms with Crippen LogP contribution in [0.4, 0.5) is 5.69 Å². The van der Waals surface area contributed by atoms with Crippen LogP contribution in [-0.4, -0.2) is 42.7 Å². The van der Waals surface area contributed by atoms with Crippen molar-refractivity contribution in [3.05, 3.63) is 111 Å². The van der Waals surface area contributed by atoms with Crippen molar-refractivity contribution in [2.45, 2.75) is 119 Å². The van der Waals surface area contributed by atoms with Crippen molar-refractivity contribution in [2.24, 2.45) is 11.8 Å². The molecule has 262 valence electrons. The van der Waals surface area contributed by atoms with Crippen molar-refractivity contribution in [3.63, 3.8) is 0 Å². The zero-order chi connectivity index (χ0) is 35.0. The minimum Gasteiger partial charge on any atom is -0.349 e. The van der Waals surface area contributed by atoms with Gasteiger partial charge in [0.25, 0.3) is 0 Å². The number of nitrogens with zero attached hydrogens (tertiary/aromatic N) is 3. The van der Waals surface area contributed by atoms with E-state index in [1.807, 2.05) is 0 Å². The van der Waals surface area contributed by atoms with E-state index in [2.05, 4.69) is 156 Å². The Hall–Kier alpha value is -2.56. The Bertz CT molecular complexity index is 1790. The van der Waals surface area contributed by atoms with Gasteiger partial charge >= 0.3 is 15.9 Å². The number of rotatable bonds is 8. The third-order valence-electron chi connectivity index (χ3n) is 11.9. The monoisotopic (exact) mass is 693 g/mol. The van der Waals surface area contributed by atoms with Crippen LogP contribution in [0.5, 0.6) is 0 Å². The summed E-state index contributed by atoms with van der Waals surface area (Å²) in [6, 6.07) is 26.9. The van der Waals surface area contributed by atoms with E-state index in [0.717, 1.165) is 13.1 Å². The Morgan fingerprint density at radius 1 is 0.816 bits per heavy atom. The van der Waals surface area contributed by atoms with Crippen LogP contribution >= 0.6 is 7.43 Å². The molecule has 2 bridgehead atoms. The molecule has 1 spiro atoms. The molecule has 0 unspecified atom stereocenters. The molecule has 49 heavy (non-hydrogen) atoms. The van der Waals surface area contributed by atoms with Gasteiger partial charge in [-0.25, -0.2) is 9.00 Å². The molecule has 0 amide bonds. The Kier molecular flexibility index (Phi) is 9.17. The van der Waals surface area contributed by atoms with Crippen molar-refractivity contribution in [1.82, 2.24) is 4.67 Å². The molecule has 6 heteroatoms. The number of para-hydroxylation sites is 1. The first-order valence-corrected chi connectivity index (χ1v) is 22.7. The average Bonchev–Trinajstić information content (AvgIpc) is 3.77. The molecule has 0 radical (unpaired) electrons. The zero-order valence-electron chi connectivity index (χ0n) is 32.0. The van der Waals surface area contributed by atoms with E-state index in [4.69, 9.17) is 4.21 Å². The fourth-order valence-electron chi connectivity index (χ4n) is 9.90. The highest BCUT2D eigenvalue weighted by atomic mass is 31.2. The van der Waals surface area contributed by atoms with Crippen molar-refractivity contribution in [3.8, 4) is 0 Å². The molecule has 2 heterocycles. The summed E-state index contributed by atoms with van der Waals surface area (Å²) in [6.07, 6.45) is 3.85. The zero-order valence-corrected chi connectivity index (χ0v) is 33.9. The first-order chi connectivity index (χ1) is 23.3. The van der Waals surface area contributed by atoms with Gasteiger partial charge in [0.15, 0.2) is 6.54 Å². The topological polar surface area (TPSA) is 18.7 Å². The number of anilines is 1. The van der Waals surface area contributed by atoms with Gasteiger partial charge in [-0.15, -0.1) is 18.2 Å². The van der Waals surface area contributed by atoms with Gasteiger partial charge in [-0.05, 0) is 93.9 Å². The fraction of sp³-hybridized carbons (Fsp3) is 0.512. The van der Waals surface area contributed by atoms with Crippen molar-refractivity contribution >= 4 is 26.8 Å². The molecular weight excluding hydrogens is 634 g/mol. The van der Waals surface area contributed by atoms with Crippen molar-refractivity contribution < 1.29 is 8.54 Å². The number of benzene rings is 3. The van der Waals surface area contributed by atoms with Crippen LogP contribution in [0.25, 0.3) is 0 Å². The molecule has 4 aliphatic rings. The van der Waals surface area contributed by atoms with E-state index in [0.29, 0.717) is 35.8 Å². The third-order valence-corrected chi connectivity index (χ3v) is 20.9. The molecule has 3 aromatic rings. The summed E-state index contributed by atoms with van der Waals surface area (Å²) in [7, 11) is -5.61. The highest BCUT2D eigenvalue weighted by Crippen LogP contribution is 2.76. The molecule has 2 aliphatic heterocycles. The highest BCUT2D eigenvalue weighted by Gasteiger charge is 2.67. The first-order valence-electron chi connectivity index (χ1n) is 19.1. The third kappa shape index (κ3) is 5.36. The standard InChI is InChI=1S/C43H60N3OPSi/c1-28(2)38-18-15-19-39(29(3)4)42(38)46-41-35-20-21-36(26-35)43(41)48(44(30(5)6)22-23-45(48)31(7)8)47-49(46,37-16-13-12-14-17-37)27-40-33(10)24-32(9)25-34(40)11/h12-19,24-25,27-31,35-36H,20-23,26H2,1-11H3/t35-,36+,49+/m0/s1. The second kappa shape index (κ2) is 12.9. The van der Waals surface area contributed by atoms with Gasteiger partial charge in [-0.1, -0.05) is 95.6 Å².